The highest BCUT2D eigenvalue weighted by Crippen LogP contribution is 2.25. The number of hydrogen-bond donors (Lipinski definition) is 2. The van der Waals surface area contributed by atoms with Gasteiger partial charge >= 0.3 is 5.97 Å². The molecule has 1 aliphatic heterocycles. The molecule has 116 valence electrons. The van der Waals surface area contributed by atoms with E-state index in [0.29, 0.717) is 11.4 Å². The molecule has 1 aromatic carbocycles. The minimum absolute atomic E-state index is 0.113. The molecule has 1 unspecified atom stereocenters. The van der Waals surface area contributed by atoms with Gasteiger partial charge in [-0.1, -0.05) is 0 Å². The Morgan fingerprint density at radius 3 is 2.55 bits per heavy atom. The van der Waals surface area contributed by atoms with Crippen LogP contribution in [0.1, 0.15) is 13.3 Å². The predicted molar refractivity (Wildman–Crippen MR) is 76.0 cm³/mol. The van der Waals surface area contributed by atoms with Crippen LogP contribution in [-0.4, -0.2) is 24.9 Å². The average Bonchev–Trinajstić information content (AvgIpc) is 2.48. The summed E-state index contributed by atoms with van der Waals surface area (Å²) in [6.45, 7) is 1.53. The SMILES string of the molecule is COC(=O)C1=C(C)NC(=O)CC1C(=O)Nc1ccc(F)cc1. The maximum Gasteiger partial charge on any atom is 0.336 e. The van der Waals surface area contributed by atoms with Crippen molar-refractivity contribution in [2.24, 2.45) is 5.92 Å². The Labute approximate surface area is 126 Å². The van der Waals surface area contributed by atoms with Crippen LogP contribution in [0.15, 0.2) is 35.5 Å². The van der Waals surface area contributed by atoms with Gasteiger partial charge in [-0.2, -0.15) is 0 Å². The maximum absolute atomic E-state index is 12.9. The standard InChI is InChI=1S/C15H15FN2O4/c1-8-13(15(21)22-2)11(7-12(19)17-8)14(20)18-10-5-3-9(16)4-6-10/h3-6,11H,7H2,1-2H3,(H,17,19)(H,18,20). The van der Waals surface area contributed by atoms with Gasteiger partial charge < -0.3 is 15.4 Å². The number of allylic oxidation sites excluding steroid dienone is 1. The zero-order valence-corrected chi connectivity index (χ0v) is 12.1. The fourth-order valence-corrected chi connectivity index (χ4v) is 2.27. The lowest BCUT2D eigenvalue weighted by atomic mass is 9.89. The average molecular weight is 306 g/mol. The minimum atomic E-state index is -0.953. The second kappa shape index (κ2) is 6.38. The van der Waals surface area contributed by atoms with Crippen molar-refractivity contribution in [1.29, 1.82) is 0 Å². The minimum Gasteiger partial charge on any atom is -0.466 e. The van der Waals surface area contributed by atoms with Crippen LogP contribution in [0.4, 0.5) is 10.1 Å². The highest BCUT2D eigenvalue weighted by Gasteiger charge is 2.36. The van der Waals surface area contributed by atoms with Crippen molar-refractivity contribution in [3.05, 3.63) is 41.4 Å². The van der Waals surface area contributed by atoms with Crippen LogP contribution in [0.5, 0.6) is 0 Å². The number of anilines is 1. The summed E-state index contributed by atoms with van der Waals surface area (Å²) in [6.07, 6.45) is -0.158. The number of ether oxygens (including phenoxy) is 1. The van der Waals surface area contributed by atoms with Crippen LogP contribution >= 0.6 is 0 Å². The van der Waals surface area contributed by atoms with Gasteiger partial charge in [0.1, 0.15) is 5.82 Å². The van der Waals surface area contributed by atoms with Crippen LogP contribution in [0, 0.1) is 11.7 Å². The van der Waals surface area contributed by atoms with Crippen molar-refractivity contribution in [3.8, 4) is 0 Å². The molecule has 2 rings (SSSR count). The summed E-state index contributed by atoms with van der Waals surface area (Å²) < 4.78 is 17.5. The smallest absolute Gasteiger partial charge is 0.336 e. The quantitative estimate of drug-likeness (QED) is 0.826. The molecule has 0 aromatic heterocycles. The molecule has 2 amide bonds. The first-order chi connectivity index (χ1) is 10.4. The number of halogens is 1. The number of esters is 1. The van der Waals surface area contributed by atoms with Gasteiger partial charge in [0.15, 0.2) is 0 Å². The molecule has 0 bridgehead atoms. The summed E-state index contributed by atoms with van der Waals surface area (Å²) in [7, 11) is 1.20. The number of carbonyl (C=O) groups excluding carboxylic acids is 3. The first-order valence-corrected chi connectivity index (χ1v) is 6.57. The zero-order valence-electron chi connectivity index (χ0n) is 12.1. The van der Waals surface area contributed by atoms with E-state index in [9.17, 15) is 18.8 Å². The molecular weight excluding hydrogens is 291 g/mol. The number of methoxy groups -OCH3 is 1. The molecule has 0 fully saturated rings. The van der Waals surface area contributed by atoms with Gasteiger partial charge in [-0.05, 0) is 31.2 Å². The molecule has 1 aliphatic rings. The van der Waals surface area contributed by atoms with E-state index in [0.717, 1.165) is 0 Å². The van der Waals surface area contributed by atoms with E-state index in [1.807, 2.05) is 0 Å². The summed E-state index contributed by atoms with van der Waals surface area (Å²) in [4.78, 5) is 35.8. The predicted octanol–water partition coefficient (Wildman–Crippen LogP) is 1.35. The van der Waals surface area contributed by atoms with E-state index >= 15 is 0 Å². The van der Waals surface area contributed by atoms with Crippen molar-refractivity contribution >= 4 is 23.5 Å². The molecule has 1 aromatic rings. The maximum atomic E-state index is 12.9. The second-order valence-corrected chi connectivity index (χ2v) is 4.83. The molecule has 0 saturated heterocycles. The van der Waals surface area contributed by atoms with E-state index in [4.69, 9.17) is 0 Å². The van der Waals surface area contributed by atoms with E-state index in [1.54, 1.807) is 0 Å². The third-order valence-corrected chi connectivity index (χ3v) is 3.30. The fourth-order valence-electron chi connectivity index (χ4n) is 2.27. The van der Waals surface area contributed by atoms with E-state index < -0.39 is 23.6 Å². The lowest BCUT2D eigenvalue weighted by Crippen LogP contribution is -2.40. The molecule has 0 saturated carbocycles. The summed E-state index contributed by atoms with van der Waals surface area (Å²) >= 11 is 0. The molecule has 1 heterocycles. The molecule has 7 heteroatoms. The summed E-state index contributed by atoms with van der Waals surface area (Å²) in [5.41, 5.74) is 0.781. The molecular formula is C15H15FN2O4. The Hall–Kier alpha value is -2.70. The Bertz CT molecular complexity index is 652. The molecule has 0 radical (unpaired) electrons. The van der Waals surface area contributed by atoms with Gasteiger partial charge in [0.25, 0.3) is 0 Å². The van der Waals surface area contributed by atoms with Crippen LogP contribution in [0.3, 0.4) is 0 Å². The van der Waals surface area contributed by atoms with Crippen molar-refractivity contribution in [2.75, 3.05) is 12.4 Å². The normalized spacial score (nSPS) is 17.8. The number of nitrogens with one attached hydrogen (secondary N) is 2. The number of carbonyl (C=O) groups is 3. The summed E-state index contributed by atoms with van der Waals surface area (Å²) in [5, 5.41) is 5.07. The summed E-state index contributed by atoms with van der Waals surface area (Å²) in [5.74, 6) is -2.94. The highest BCUT2D eigenvalue weighted by molar-refractivity contribution is 6.06. The van der Waals surface area contributed by atoms with Crippen LogP contribution < -0.4 is 10.6 Å². The zero-order chi connectivity index (χ0) is 16.3. The molecule has 22 heavy (non-hydrogen) atoms. The van der Waals surface area contributed by atoms with E-state index in [-0.39, 0.29) is 17.9 Å². The summed E-state index contributed by atoms with van der Waals surface area (Å²) in [6, 6.07) is 5.19. The van der Waals surface area contributed by atoms with Crippen molar-refractivity contribution in [2.45, 2.75) is 13.3 Å². The lowest BCUT2D eigenvalue weighted by molar-refractivity contribution is -0.139. The van der Waals surface area contributed by atoms with Crippen molar-refractivity contribution in [3.63, 3.8) is 0 Å². The topological polar surface area (TPSA) is 84.5 Å². The monoisotopic (exact) mass is 306 g/mol. The first kappa shape index (κ1) is 15.7. The lowest BCUT2D eigenvalue weighted by Gasteiger charge is -2.25. The Morgan fingerprint density at radius 1 is 1.32 bits per heavy atom. The molecule has 2 N–H and O–H groups in total. The molecule has 1 atom stereocenters. The number of rotatable bonds is 3. The molecule has 0 spiro atoms. The third kappa shape index (κ3) is 3.30. The van der Waals surface area contributed by atoms with Gasteiger partial charge in [-0.3, -0.25) is 9.59 Å². The van der Waals surface area contributed by atoms with E-state index in [2.05, 4.69) is 15.4 Å². The van der Waals surface area contributed by atoms with Gasteiger partial charge in [-0.25, -0.2) is 9.18 Å². The first-order valence-electron chi connectivity index (χ1n) is 6.57. The Morgan fingerprint density at radius 2 is 1.95 bits per heavy atom. The van der Waals surface area contributed by atoms with Crippen LogP contribution in [0.2, 0.25) is 0 Å². The fraction of sp³-hybridized carbons (Fsp3) is 0.267. The van der Waals surface area contributed by atoms with Crippen LogP contribution in [0.25, 0.3) is 0 Å². The second-order valence-electron chi connectivity index (χ2n) is 4.83. The van der Waals surface area contributed by atoms with Gasteiger partial charge in [0.2, 0.25) is 11.8 Å². The van der Waals surface area contributed by atoms with Gasteiger partial charge in [0, 0.05) is 17.8 Å². The number of benzene rings is 1. The Kier molecular flexibility index (Phi) is 4.55. The number of amides is 2. The van der Waals surface area contributed by atoms with Gasteiger partial charge in [-0.15, -0.1) is 0 Å². The van der Waals surface area contributed by atoms with Crippen molar-refractivity contribution < 1.29 is 23.5 Å². The van der Waals surface area contributed by atoms with Gasteiger partial charge in [0.05, 0.1) is 18.6 Å². The molecule has 6 nitrogen and oxygen atoms in total. The van der Waals surface area contributed by atoms with E-state index in [1.165, 1.54) is 38.3 Å². The number of hydrogen-bond acceptors (Lipinski definition) is 4. The van der Waals surface area contributed by atoms with Crippen LogP contribution in [-0.2, 0) is 19.1 Å². The van der Waals surface area contributed by atoms with Crippen molar-refractivity contribution in [1.82, 2.24) is 5.32 Å². The Balaban J connectivity index is 2.25. The largest absolute Gasteiger partial charge is 0.466 e. The highest BCUT2D eigenvalue weighted by atomic mass is 19.1. The molecule has 0 aliphatic carbocycles. The third-order valence-electron chi connectivity index (χ3n) is 3.30.